The number of nitrogens with one attached hydrogen (secondary N) is 1. The van der Waals surface area contributed by atoms with Crippen LogP contribution < -0.4 is 10.2 Å². The molecule has 1 N–H and O–H groups in total. The van der Waals surface area contributed by atoms with Crippen LogP contribution in [0.5, 0.6) is 0 Å². The molecule has 6 heteroatoms. The number of anilines is 1. The molecule has 1 aliphatic heterocycles. The van der Waals surface area contributed by atoms with E-state index in [2.05, 4.69) is 21.2 Å². The molecule has 1 aliphatic rings. The van der Waals surface area contributed by atoms with Crippen LogP contribution in [0.4, 0.5) is 5.69 Å². The topological polar surface area (TPSA) is 52.7 Å². The van der Waals surface area contributed by atoms with E-state index in [0.29, 0.717) is 13.0 Å². The number of carbonyl (C=O) groups is 2. The van der Waals surface area contributed by atoms with Gasteiger partial charge in [-0.1, -0.05) is 48.0 Å². The lowest BCUT2D eigenvalue weighted by Crippen LogP contribution is -2.51. The number of ketones is 1. The van der Waals surface area contributed by atoms with Gasteiger partial charge in [0, 0.05) is 36.9 Å². The van der Waals surface area contributed by atoms with E-state index in [4.69, 9.17) is 11.6 Å². The van der Waals surface area contributed by atoms with Gasteiger partial charge >= 0.3 is 0 Å². The van der Waals surface area contributed by atoms with Crippen molar-refractivity contribution in [1.82, 2.24) is 10.2 Å². The van der Waals surface area contributed by atoms with Crippen molar-refractivity contribution < 1.29 is 9.59 Å². The minimum atomic E-state index is -0.484. The van der Waals surface area contributed by atoms with Crippen molar-refractivity contribution in [3.8, 4) is 0 Å². The van der Waals surface area contributed by atoms with Crippen molar-refractivity contribution in [3.05, 3.63) is 65.2 Å². The maximum absolute atomic E-state index is 12.5. The first-order valence-electron chi connectivity index (χ1n) is 9.58. The Morgan fingerprint density at radius 1 is 1.04 bits per heavy atom. The summed E-state index contributed by atoms with van der Waals surface area (Å²) in [6.45, 7) is 5.11. The van der Waals surface area contributed by atoms with E-state index < -0.39 is 6.04 Å². The zero-order chi connectivity index (χ0) is 19.9. The molecular weight excluding hydrogens is 374 g/mol. The lowest BCUT2D eigenvalue weighted by Gasteiger charge is -2.36. The van der Waals surface area contributed by atoms with Gasteiger partial charge in [0.1, 0.15) is 0 Å². The first kappa shape index (κ1) is 20.4. The van der Waals surface area contributed by atoms with Gasteiger partial charge in [-0.25, -0.2) is 0 Å². The molecule has 5 nitrogen and oxygen atoms in total. The van der Waals surface area contributed by atoms with Crippen LogP contribution in [0.15, 0.2) is 54.6 Å². The summed E-state index contributed by atoms with van der Waals surface area (Å²) in [4.78, 5) is 28.8. The highest BCUT2D eigenvalue weighted by molar-refractivity contribution is 6.30. The molecule has 1 fully saturated rings. The first-order valence-corrected chi connectivity index (χ1v) is 9.95. The molecule has 0 aliphatic carbocycles. The Morgan fingerprint density at radius 3 is 2.39 bits per heavy atom. The molecule has 3 rings (SSSR count). The highest BCUT2D eigenvalue weighted by Gasteiger charge is 2.22. The normalized spacial score (nSPS) is 15.9. The van der Waals surface area contributed by atoms with Crippen LogP contribution in [0.2, 0.25) is 5.02 Å². The SMILES string of the molecule is CC(=O)[C@@H](Cc1ccccc1)NC(=O)CN1CCN(c2cccc(Cl)c2)CC1. The Labute approximate surface area is 171 Å². The van der Waals surface area contributed by atoms with Gasteiger partial charge in [-0.3, -0.25) is 14.5 Å². The van der Waals surface area contributed by atoms with E-state index in [1.54, 1.807) is 0 Å². The van der Waals surface area contributed by atoms with Crippen molar-refractivity contribution in [2.24, 2.45) is 0 Å². The summed E-state index contributed by atoms with van der Waals surface area (Å²) in [6.07, 6.45) is 0.518. The fourth-order valence-corrected chi connectivity index (χ4v) is 3.61. The van der Waals surface area contributed by atoms with Crippen molar-refractivity contribution in [2.45, 2.75) is 19.4 Å². The van der Waals surface area contributed by atoms with Crippen LogP contribution in [0.1, 0.15) is 12.5 Å². The molecule has 0 spiro atoms. The fourth-order valence-electron chi connectivity index (χ4n) is 3.43. The third kappa shape index (κ3) is 5.81. The monoisotopic (exact) mass is 399 g/mol. The summed E-state index contributed by atoms with van der Waals surface area (Å²) in [5.74, 6) is -0.129. The number of benzene rings is 2. The Kier molecular flexibility index (Phi) is 7.06. The second kappa shape index (κ2) is 9.71. The highest BCUT2D eigenvalue weighted by atomic mass is 35.5. The largest absolute Gasteiger partial charge is 0.369 e. The standard InChI is InChI=1S/C22H26ClN3O2/c1-17(27)21(14-18-6-3-2-4-7-18)24-22(28)16-25-10-12-26(13-11-25)20-9-5-8-19(23)15-20/h2-9,15,21H,10-14,16H2,1H3,(H,24,28)/t21-/m1/s1. The predicted octanol–water partition coefficient (Wildman–Crippen LogP) is 2.78. The van der Waals surface area contributed by atoms with Gasteiger partial charge in [0.15, 0.2) is 5.78 Å². The number of piperazine rings is 1. The predicted molar refractivity (Wildman–Crippen MR) is 113 cm³/mol. The third-order valence-corrected chi connectivity index (χ3v) is 5.26. The van der Waals surface area contributed by atoms with E-state index >= 15 is 0 Å². The van der Waals surface area contributed by atoms with E-state index in [1.165, 1.54) is 6.92 Å². The van der Waals surface area contributed by atoms with Gasteiger partial charge in [0.25, 0.3) is 0 Å². The number of nitrogens with zero attached hydrogens (tertiary/aromatic N) is 2. The maximum atomic E-state index is 12.5. The summed E-state index contributed by atoms with van der Waals surface area (Å²) in [6, 6.07) is 17.1. The number of halogens is 1. The molecule has 1 amide bonds. The zero-order valence-electron chi connectivity index (χ0n) is 16.1. The van der Waals surface area contributed by atoms with Gasteiger partial charge in [-0.2, -0.15) is 0 Å². The molecule has 0 radical (unpaired) electrons. The lowest BCUT2D eigenvalue weighted by atomic mass is 10.0. The molecule has 2 aromatic rings. The number of hydrogen-bond donors (Lipinski definition) is 1. The Bertz CT molecular complexity index is 804. The van der Waals surface area contributed by atoms with Crippen LogP contribution in [-0.4, -0.2) is 55.4 Å². The molecule has 1 saturated heterocycles. The molecule has 28 heavy (non-hydrogen) atoms. The minimum absolute atomic E-state index is 0.0250. The smallest absolute Gasteiger partial charge is 0.234 e. The summed E-state index contributed by atoms with van der Waals surface area (Å²) in [7, 11) is 0. The van der Waals surface area contributed by atoms with Gasteiger partial charge < -0.3 is 10.2 Å². The number of rotatable bonds is 7. The van der Waals surface area contributed by atoms with Crippen molar-refractivity contribution >= 4 is 29.0 Å². The molecule has 148 valence electrons. The number of Topliss-reactive ketones (excluding diaryl/α,β-unsaturated/α-hetero) is 1. The van der Waals surface area contributed by atoms with Crippen molar-refractivity contribution in [1.29, 1.82) is 0 Å². The second-order valence-electron chi connectivity index (χ2n) is 7.16. The molecular formula is C22H26ClN3O2. The highest BCUT2D eigenvalue weighted by Crippen LogP contribution is 2.20. The molecule has 1 atom stereocenters. The zero-order valence-corrected chi connectivity index (χ0v) is 16.9. The average molecular weight is 400 g/mol. The third-order valence-electron chi connectivity index (χ3n) is 5.02. The number of carbonyl (C=O) groups excluding carboxylic acids is 2. The molecule has 2 aromatic carbocycles. The van der Waals surface area contributed by atoms with Crippen LogP contribution >= 0.6 is 11.6 Å². The quantitative estimate of drug-likeness (QED) is 0.777. The van der Waals surface area contributed by atoms with Crippen LogP contribution in [0, 0.1) is 0 Å². The van der Waals surface area contributed by atoms with E-state index in [-0.39, 0.29) is 11.7 Å². The summed E-state index contributed by atoms with van der Waals surface area (Å²) >= 11 is 6.08. The molecule has 0 aromatic heterocycles. The van der Waals surface area contributed by atoms with Crippen LogP contribution in [-0.2, 0) is 16.0 Å². The Balaban J connectivity index is 1.48. The van der Waals surface area contributed by atoms with Gasteiger partial charge in [0.2, 0.25) is 5.91 Å². The van der Waals surface area contributed by atoms with Crippen LogP contribution in [0.3, 0.4) is 0 Å². The van der Waals surface area contributed by atoms with E-state index in [0.717, 1.165) is 42.5 Å². The van der Waals surface area contributed by atoms with E-state index in [1.807, 2.05) is 48.5 Å². The molecule has 0 bridgehead atoms. The summed E-state index contributed by atoms with van der Waals surface area (Å²) in [5.41, 5.74) is 2.15. The van der Waals surface area contributed by atoms with Gasteiger partial charge in [-0.05, 0) is 37.1 Å². The first-order chi connectivity index (χ1) is 13.5. The summed E-state index contributed by atoms with van der Waals surface area (Å²) < 4.78 is 0. The molecule has 0 unspecified atom stereocenters. The van der Waals surface area contributed by atoms with Crippen LogP contribution in [0.25, 0.3) is 0 Å². The molecule has 0 saturated carbocycles. The lowest BCUT2D eigenvalue weighted by molar-refractivity contribution is -0.127. The van der Waals surface area contributed by atoms with Gasteiger partial charge in [-0.15, -0.1) is 0 Å². The van der Waals surface area contributed by atoms with E-state index in [9.17, 15) is 9.59 Å². The Hall–Kier alpha value is -2.37. The second-order valence-corrected chi connectivity index (χ2v) is 7.60. The van der Waals surface area contributed by atoms with Crippen molar-refractivity contribution in [3.63, 3.8) is 0 Å². The fraction of sp³-hybridized carbons (Fsp3) is 0.364. The Morgan fingerprint density at radius 2 is 1.75 bits per heavy atom. The summed E-state index contributed by atoms with van der Waals surface area (Å²) in [5, 5.41) is 3.63. The maximum Gasteiger partial charge on any atom is 0.234 e. The molecule has 1 heterocycles. The van der Waals surface area contributed by atoms with Crippen molar-refractivity contribution in [2.75, 3.05) is 37.6 Å². The van der Waals surface area contributed by atoms with Gasteiger partial charge in [0.05, 0.1) is 12.6 Å². The minimum Gasteiger partial charge on any atom is -0.369 e. The number of hydrogen-bond acceptors (Lipinski definition) is 4. The average Bonchev–Trinajstić information content (AvgIpc) is 2.69. The number of amides is 1.